The van der Waals surface area contributed by atoms with E-state index in [2.05, 4.69) is 9.88 Å². The van der Waals surface area contributed by atoms with Crippen molar-refractivity contribution in [1.82, 2.24) is 9.88 Å². The second-order valence-corrected chi connectivity index (χ2v) is 6.03. The average molecular weight is 324 g/mol. The first-order valence-electron chi connectivity index (χ1n) is 7.71. The number of hydrogen-bond donors (Lipinski definition) is 2. The number of aromatic amines is 1. The first kappa shape index (κ1) is 17.5. The Balaban J connectivity index is 2.09. The molecule has 0 unspecified atom stereocenters. The molecular weight excluding hydrogens is 300 g/mol. The molecule has 2 heterocycles. The van der Waals surface area contributed by atoms with Crippen LogP contribution >= 0.6 is 0 Å². The predicted molar refractivity (Wildman–Crippen MR) is 84.7 cm³/mol. The number of pyridine rings is 1. The van der Waals surface area contributed by atoms with Gasteiger partial charge in [0.1, 0.15) is 0 Å². The molecule has 0 saturated carbocycles. The largest absolute Gasteiger partial charge is 0.491 e. The second-order valence-electron chi connectivity index (χ2n) is 6.03. The monoisotopic (exact) mass is 324 g/mol. The van der Waals surface area contributed by atoms with Gasteiger partial charge >= 0.3 is 5.97 Å². The summed E-state index contributed by atoms with van der Waals surface area (Å²) < 4.78 is 10.0. The van der Waals surface area contributed by atoms with E-state index in [9.17, 15) is 14.7 Å². The Morgan fingerprint density at radius 3 is 2.87 bits per heavy atom. The third kappa shape index (κ3) is 4.11. The SMILES string of the molecule is COCC[C@]1(C(=O)O)CCCN(Cc2cc(=O)c(OC)c[nH]2)C1. The summed E-state index contributed by atoms with van der Waals surface area (Å²) in [5.74, 6) is -0.505. The minimum atomic E-state index is -0.777. The number of nitrogens with one attached hydrogen (secondary N) is 1. The quantitative estimate of drug-likeness (QED) is 0.780. The molecule has 7 nitrogen and oxygen atoms in total. The lowest BCUT2D eigenvalue weighted by molar-refractivity contribution is -0.154. The van der Waals surface area contributed by atoms with Gasteiger partial charge in [0.25, 0.3) is 0 Å². The van der Waals surface area contributed by atoms with Crippen molar-refractivity contribution in [2.75, 3.05) is 33.9 Å². The van der Waals surface area contributed by atoms with E-state index in [1.54, 1.807) is 7.11 Å². The Bertz CT molecular complexity index is 600. The zero-order chi connectivity index (χ0) is 16.9. The molecule has 0 spiro atoms. The lowest BCUT2D eigenvalue weighted by atomic mass is 9.77. The highest BCUT2D eigenvalue weighted by molar-refractivity contribution is 5.75. The molecule has 0 radical (unpaired) electrons. The van der Waals surface area contributed by atoms with Gasteiger partial charge in [-0.05, 0) is 25.8 Å². The van der Waals surface area contributed by atoms with E-state index in [1.807, 2.05) is 0 Å². The Kier molecular flexibility index (Phi) is 5.79. The summed E-state index contributed by atoms with van der Waals surface area (Å²) >= 11 is 0. The van der Waals surface area contributed by atoms with E-state index in [4.69, 9.17) is 9.47 Å². The Hall–Kier alpha value is -1.86. The van der Waals surface area contributed by atoms with Gasteiger partial charge in [0, 0.05) is 44.8 Å². The molecule has 0 aliphatic carbocycles. The molecule has 0 aromatic carbocycles. The highest BCUT2D eigenvalue weighted by Crippen LogP contribution is 2.34. The fourth-order valence-corrected chi connectivity index (χ4v) is 3.14. The van der Waals surface area contributed by atoms with Crippen LogP contribution in [0, 0.1) is 5.41 Å². The van der Waals surface area contributed by atoms with Crippen molar-refractivity contribution in [3.05, 3.63) is 28.2 Å². The molecule has 1 aliphatic rings. The molecule has 0 bridgehead atoms. The number of H-pyrrole nitrogens is 1. The van der Waals surface area contributed by atoms with Crippen molar-refractivity contribution in [2.24, 2.45) is 5.41 Å². The Labute approximate surface area is 135 Å². The molecule has 1 saturated heterocycles. The van der Waals surface area contributed by atoms with Gasteiger partial charge in [-0.25, -0.2) is 0 Å². The van der Waals surface area contributed by atoms with Crippen LogP contribution in [0.2, 0.25) is 0 Å². The van der Waals surface area contributed by atoms with Crippen LogP contribution < -0.4 is 10.2 Å². The summed E-state index contributed by atoms with van der Waals surface area (Å²) in [6, 6.07) is 1.51. The molecule has 23 heavy (non-hydrogen) atoms. The predicted octanol–water partition coefficient (Wildman–Crippen LogP) is 1.09. The molecule has 1 aromatic rings. The fourth-order valence-electron chi connectivity index (χ4n) is 3.14. The van der Waals surface area contributed by atoms with E-state index in [0.717, 1.165) is 18.7 Å². The summed E-state index contributed by atoms with van der Waals surface area (Å²) in [6.07, 6.45) is 3.50. The molecule has 2 rings (SSSR count). The van der Waals surface area contributed by atoms with Gasteiger partial charge in [0.2, 0.25) is 5.43 Å². The normalized spacial score (nSPS) is 22.0. The standard InChI is InChI=1S/C16H24N2O5/c1-22-7-5-16(15(20)21)4-3-6-18(11-16)10-12-8-13(19)14(23-2)9-17-12/h8-9H,3-7,10-11H2,1-2H3,(H,17,19)(H,20,21)/t16-/m1/s1. The summed E-state index contributed by atoms with van der Waals surface area (Å²) in [5, 5.41) is 9.66. The van der Waals surface area contributed by atoms with Crippen LogP contribution in [0.4, 0.5) is 0 Å². The molecule has 0 amide bonds. The lowest BCUT2D eigenvalue weighted by Gasteiger charge is -2.39. The summed E-state index contributed by atoms with van der Waals surface area (Å²) in [4.78, 5) is 28.7. The molecular formula is C16H24N2O5. The van der Waals surface area contributed by atoms with E-state index in [-0.39, 0.29) is 11.2 Å². The first-order valence-corrected chi connectivity index (χ1v) is 7.71. The van der Waals surface area contributed by atoms with E-state index >= 15 is 0 Å². The molecule has 1 aromatic heterocycles. The molecule has 7 heteroatoms. The number of nitrogens with zero attached hydrogens (tertiary/aromatic N) is 1. The minimum Gasteiger partial charge on any atom is -0.491 e. The maximum atomic E-state index is 11.8. The number of methoxy groups -OCH3 is 2. The molecule has 128 valence electrons. The third-order valence-corrected chi connectivity index (χ3v) is 4.45. The van der Waals surface area contributed by atoms with Crippen LogP contribution in [-0.2, 0) is 16.1 Å². The number of carbonyl (C=O) groups is 1. The number of piperidine rings is 1. The van der Waals surface area contributed by atoms with Crippen molar-refractivity contribution >= 4 is 5.97 Å². The van der Waals surface area contributed by atoms with E-state index in [0.29, 0.717) is 32.5 Å². The van der Waals surface area contributed by atoms with Crippen LogP contribution in [0.25, 0.3) is 0 Å². The van der Waals surface area contributed by atoms with Crippen molar-refractivity contribution in [3.63, 3.8) is 0 Å². The highest BCUT2D eigenvalue weighted by atomic mass is 16.5. The average Bonchev–Trinajstić information content (AvgIpc) is 2.53. The van der Waals surface area contributed by atoms with Crippen molar-refractivity contribution in [2.45, 2.75) is 25.8 Å². The number of likely N-dealkylation sites (tertiary alicyclic amines) is 1. The molecule has 1 atom stereocenters. The maximum Gasteiger partial charge on any atom is 0.311 e. The van der Waals surface area contributed by atoms with Crippen LogP contribution in [0.1, 0.15) is 25.0 Å². The number of ether oxygens (including phenoxy) is 2. The zero-order valence-corrected chi connectivity index (χ0v) is 13.6. The lowest BCUT2D eigenvalue weighted by Crippen LogP contribution is -2.48. The smallest absolute Gasteiger partial charge is 0.311 e. The summed E-state index contributed by atoms with van der Waals surface area (Å²) in [6.45, 7) is 2.22. The molecule has 1 fully saturated rings. The summed E-state index contributed by atoms with van der Waals surface area (Å²) in [5.41, 5.74) is -0.202. The van der Waals surface area contributed by atoms with Gasteiger partial charge in [0.15, 0.2) is 5.75 Å². The van der Waals surface area contributed by atoms with Gasteiger partial charge in [-0.15, -0.1) is 0 Å². The van der Waals surface area contributed by atoms with Gasteiger partial charge in [0.05, 0.1) is 12.5 Å². The number of rotatable bonds is 7. The van der Waals surface area contributed by atoms with Crippen LogP contribution in [0.15, 0.2) is 17.1 Å². The van der Waals surface area contributed by atoms with Gasteiger partial charge in [-0.3, -0.25) is 14.5 Å². The number of carboxylic acids is 1. The first-order chi connectivity index (χ1) is 11.0. The zero-order valence-electron chi connectivity index (χ0n) is 13.6. The minimum absolute atomic E-state index is 0.179. The van der Waals surface area contributed by atoms with Crippen LogP contribution in [0.5, 0.6) is 5.75 Å². The number of aliphatic carboxylic acids is 1. The highest BCUT2D eigenvalue weighted by Gasteiger charge is 2.41. The Morgan fingerprint density at radius 2 is 2.26 bits per heavy atom. The number of hydrogen-bond acceptors (Lipinski definition) is 5. The third-order valence-electron chi connectivity index (χ3n) is 4.45. The number of carboxylic acid groups (broad SMARTS) is 1. The van der Waals surface area contributed by atoms with Crippen molar-refractivity contribution in [1.29, 1.82) is 0 Å². The van der Waals surface area contributed by atoms with E-state index < -0.39 is 11.4 Å². The van der Waals surface area contributed by atoms with Crippen LogP contribution in [-0.4, -0.2) is 54.9 Å². The Morgan fingerprint density at radius 1 is 1.48 bits per heavy atom. The summed E-state index contributed by atoms with van der Waals surface area (Å²) in [7, 11) is 3.03. The van der Waals surface area contributed by atoms with Gasteiger partial charge < -0.3 is 19.6 Å². The van der Waals surface area contributed by atoms with Crippen molar-refractivity contribution < 1.29 is 19.4 Å². The van der Waals surface area contributed by atoms with Crippen LogP contribution in [0.3, 0.4) is 0 Å². The van der Waals surface area contributed by atoms with E-state index in [1.165, 1.54) is 19.4 Å². The fraction of sp³-hybridized carbons (Fsp3) is 0.625. The van der Waals surface area contributed by atoms with Gasteiger partial charge in [-0.2, -0.15) is 0 Å². The molecule has 1 aliphatic heterocycles. The number of aromatic nitrogens is 1. The van der Waals surface area contributed by atoms with Crippen molar-refractivity contribution in [3.8, 4) is 5.75 Å². The topological polar surface area (TPSA) is 91.9 Å². The molecule has 2 N–H and O–H groups in total. The second kappa shape index (κ2) is 7.61. The van der Waals surface area contributed by atoms with Gasteiger partial charge in [-0.1, -0.05) is 0 Å². The maximum absolute atomic E-state index is 11.8.